The molecule has 3 rings (SSSR count). The standard InChI is InChI=1S/C11H16O/c1-3-11(2)9-6-4-8(5-7-9)10(11)12/h4,6,8-9H,3,5,7H2,1-2H3. The molecule has 12 heavy (non-hydrogen) atoms. The van der Waals surface area contributed by atoms with Crippen molar-refractivity contribution in [2.75, 3.05) is 0 Å². The van der Waals surface area contributed by atoms with Gasteiger partial charge in [-0.1, -0.05) is 26.0 Å². The van der Waals surface area contributed by atoms with Crippen LogP contribution < -0.4 is 0 Å². The summed E-state index contributed by atoms with van der Waals surface area (Å²) in [6, 6.07) is 0. The summed E-state index contributed by atoms with van der Waals surface area (Å²) in [5.41, 5.74) is -0.0301. The molecule has 1 heteroatoms. The number of rotatable bonds is 1. The Kier molecular flexibility index (Phi) is 1.64. The van der Waals surface area contributed by atoms with E-state index in [1.807, 2.05) is 0 Å². The normalized spacial score (nSPS) is 45.3. The van der Waals surface area contributed by atoms with Gasteiger partial charge in [0, 0.05) is 11.3 Å². The fraction of sp³-hybridized carbons (Fsp3) is 0.727. The van der Waals surface area contributed by atoms with E-state index in [0.29, 0.717) is 11.7 Å². The first kappa shape index (κ1) is 8.03. The number of Topliss-reactive ketones (excluding diaryl/α,β-unsaturated/α-hetero) is 1. The first-order chi connectivity index (χ1) is 5.68. The summed E-state index contributed by atoms with van der Waals surface area (Å²) >= 11 is 0. The third kappa shape index (κ3) is 0.825. The van der Waals surface area contributed by atoms with Crippen LogP contribution in [0.3, 0.4) is 0 Å². The van der Waals surface area contributed by atoms with Crippen LogP contribution in [0, 0.1) is 17.3 Å². The zero-order valence-electron chi connectivity index (χ0n) is 7.84. The number of allylic oxidation sites excluding steroid dienone is 2. The van der Waals surface area contributed by atoms with Gasteiger partial charge < -0.3 is 0 Å². The summed E-state index contributed by atoms with van der Waals surface area (Å²) in [5.74, 6) is 1.27. The fourth-order valence-corrected chi connectivity index (χ4v) is 2.61. The van der Waals surface area contributed by atoms with E-state index in [9.17, 15) is 4.79 Å². The molecule has 0 radical (unpaired) electrons. The number of fused-ring (bicyclic) bond motifs is 2. The topological polar surface area (TPSA) is 17.1 Å². The highest BCUT2D eigenvalue weighted by Crippen LogP contribution is 2.47. The van der Waals surface area contributed by atoms with Crippen LogP contribution in [-0.4, -0.2) is 5.78 Å². The minimum atomic E-state index is -0.0301. The van der Waals surface area contributed by atoms with Gasteiger partial charge in [0.1, 0.15) is 5.78 Å². The third-order valence-electron chi connectivity index (χ3n) is 3.82. The van der Waals surface area contributed by atoms with Crippen LogP contribution in [0.25, 0.3) is 0 Å². The van der Waals surface area contributed by atoms with Gasteiger partial charge in [-0.3, -0.25) is 4.79 Å². The second kappa shape index (κ2) is 2.45. The summed E-state index contributed by atoms with van der Waals surface area (Å²) in [6.07, 6.45) is 7.69. The Balaban J connectivity index is 2.38. The average molecular weight is 164 g/mol. The second-order valence-corrected chi connectivity index (χ2v) is 4.31. The van der Waals surface area contributed by atoms with Gasteiger partial charge in [0.25, 0.3) is 0 Å². The Morgan fingerprint density at radius 3 is 2.58 bits per heavy atom. The van der Waals surface area contributed by atoms with Gasteiger partial charge in [-0.15, -0.1) is 0 Å². The lowest BCUT2D eigenvalue weighted by Crippen LogP contribution is -2.45. The molecule has 0 aromatic carbocycles. The summed E-state index contributed by atoms with van der Waals surface area (Å²) in [4.78, 5) is 11.9. The SMILES string of the molecule is CCC1(C)C(=O)C2C=CC1CC2. The van der Waals surface area contributed by atoms with Crippen molar-refractivity contribution in [3.63, 3.8) is 0 Å². The number of hydrogen-bond acceptors (Lipinski definition) is 1. The first-order valence-corrected chi connectivity index (χ1v) is 4.91. The molecule has 0 saturated heterocycles. The van der Waals surface area contributed by atoms with E-state index in [1.54, 1.807) is 0 Å². The van der Waals surface area contributed by atoms with E-state index in [2.05, 4.69) is 26.0 Å². The van der Waals surface area contributed by atoms with Gasteiger partial charge in [0.15, 0.2) is 0 Å². The summed E-state index contributed by atoms with van der Waals surface area (Å²) in [6.45, 7) is 4.27. The molecule has 0 spiro atoms. The largest absolute Gasteiger partial charge is 0.298 e. The van der Waals surface area contributed by atoms with Crippen LogP contribution in [0.15, 0.2) is 12.2 Å². The quantitative estimate of drug-likeness (QED) is 0.544. The minimum Gasteiger partial charge on any atom is -0.298 e. The molecule has 2 bridgehead atoms. The maximum atomic E-state index is 11.9. The fourth-order valence-electron chi connectivity index (χ4n) is 2.61. The van der Waals surface area contributed by atoms with Gasteiger partial charge in [0.05, 0.1) is 0 Å². The third-order valence-corrected chi connectivity index (χ3v) is 3.82. The van der Waals surface area contributed by atoms with Gasteiger partial charge >= 0.3 is 0 Å². The Hall–Kier alpha value is -0.590. The highest BCUT2D eigenvalue weighted by molar-refractivity contribution is 5.90. The van der Waals surface area contributed by atoms with Crippen molar-refractivity contribution < 1.29 is 4.79 Å². The van der Waals surface area contributed by atoms with Gasteiger partial charge in [-0.05, 0) is 25.2 Å². The zero-order chi connectivity index (χ0) is 8.77. The first-order valence-electron chi connectivity index (χ1n) is 4.91. The molecule has 0 aromatic heterocycles. The van der Waals surface area contributed by atoms with Gasteiger partial charge in [-0.25, -0.2) is 0 Å². The molecule has 0 aliphatic heterocycles. The molecule has 1 saturated carbocycles. The predicted molar refractivity (Wildman–Crippen MR) is 48.8 cm³/mol. The Morgan fingerprint density at radius 1 is 1.50 bits per heavy atom. The molecule has 3 aliphatic rings. The lowest BCUT2D eigenvalue weighted by Gasteiger charge is -2.44. The van der Waals surface area contributed by atoms with Crippen LogP contribution in [0.4, 0.5) is 0 Å². The molecule has 0 heterocycles. The lowest BCUT2D eigenvalue weighted by atomic mass is 9.58. The molecule has 3 aliphatic carbocycles. The molecular weight excluding hydrogens is 148 g/mol. The molecule has 3 atom stereocenters. The van der Waals surface area contributed by atoms with Gasteiger partial charge in [0.2, 0.25) is 0 Å². The van der Waals surface area contributed by atoms with Crippen molar-refractivity contribution in [2.24, 2.45) is 17.3 Å². The number of hydrogen-bond donors (Lipinski definition) is 0. The zero-order valence-corrected chi connectivity index (χ0v) is 7.84. The van der Waals surface area contributed by atoms with E-state index in [1.165, 1.54) is 6.42 Å². The predicted octanol–water partition coefficient (Wildman–Crippen LogP) is 2.57. The number of ketones is 1. The van der Waals surface area contributed by atoms with Crippen LogP contribution in [0.2, 0.25) is 0 Å². The average Bonchev–Trinajstić information content (AvgIpc) is 2.14. The van der Waals surface area contributed by atoms with Crippen LogP contribution in [0.1, 0.15) is 33.1 Å². The van der Waals surface area contributed by atoms with Gasteiger partial charge in [-0.2, -0.15) is 0 Å². The minimum absolute atomic E-state index is 0.0301. The van der Waals surface area contributed by atoms with E-state index in [-0.39, 0.29) is 11.3 Å². The van der Waals surface area contributed by atoms with E-state index in [4.69, 9.17) is 0 Å². The van der Waals surface area contributed by atoms with Crippen molar-refractivity contribution in [1.82, 2.24) is 0 Å². The smallest absolute Gasteiger partial charge is 0.146 e. The van der Waals surface area contributed by atoms with Crippen molar-refractivity contribution in [3.8, 4) is 0 Å². The Labute approximate surface area is 73.8 Å². The van der Waals surface area contributed by atoms with Crippen LogP contribution in [-0.2, 0) is 4.79 Å². The van der Waals surface area contributed by atoms with Crippen molar-refractivity contribution in [3.05, 3.63) is 12.2 Å². The molecule has 1 nitrogen and oxygen atoms in total. The highest BCUT2D eigenvalue weighted by Gasteiger charge is 2.47. The molecule has 66 valence electrons. The Morgan fingerprint density at radius 2 is 2.25 bits per heavy atom. The lowest BCUT2D eigenvalue weighted by molar-refractivity contribution is -0.137. The molecule has 0 N–H and O–H groups in total. The van der Waals surface area contributed by atoms with E-state index in [0.717, 1.165) is 12.8 Å². The van der Waals surface area contributed by atoms with Crippen LogP contribution in [0.5, 0.6) is 0 Å². The maximum absolute atomic E-state index is 11.9. The molecule has 0 amide bonds. The maximum Gasteiger partial charge on any atom is 0.146 e. The van der Waals surface area contributed by atoms with Crippen molar-refractivity contribution in [2.45, 2.75) is 33.1 Å². The Bertz CT molecular complexity index is 241. The van der Waals surface area contributed by atoms with Crippen molar-refractivity contribution in [1.29, 1.82) is 0 Å². The summed E-state index contributed by atoms with van der Waals surface area (Å²) in [5, 5.41) is 0. The summed E-state index contributed by atoms with van der Waals surface area (Å²) in [7, 11) is 0. The molecule has 0 aromatic rings. The van der Waals surface area contributed by atoms with Crippen LogP contribution >= 0.6 is 0 Å². The molecular formula is C11H16O. The number of carbonyl (C=O) groups is 1. The van der Waals surface area contributed by atoms with E-state index < -0.39 is 0 Å². The molecule has 1 fully saturated rings. The monoisotopic (exact) mass is 164 g/mol. The van der Waals surface area contributed by atoms with E-state index >= 15 is 0 Å². The number of carbonyl (C=O) groups excluding carboxylic acids is 1. The summed E-state index contributed by atoms with van der Waals surface area (Å²) < 4.78 is 0. The second-order valence-electron chi connectivity index (χ2n) is 4.31. The highest BCUT2D eigenvalue weighted by atomic mass is 16.1. The van der Waals surface area contributed by atoms with Crippen molar-refractivity contribution >= 4 is 5.78 Å². The molecule has 3 unspecified atom stereocenters.